The molecular formula is C13H12Se2. The number of hydrogen-bond donors (Lipinski definition) is 0. The van der Waals surface area contributed by atoms with Gasteiger partial charge in [-0.25, -0.2) is 0 Å². The first-order valence-corrected chi connectivity index (χ1v) is 9.04. The molecule has 0 heterocycles. The van der Waals surface area contributed by atoms with Gasteiger partial charge in [-0.2, -0.15) is 0 Å². The van der Waals surface area contributed by atoms with Gasteiger partial charge in [0.15, 0.2) is 0 Å². The molecule has 0 aliphatic carbocycles. The monoisotopic (exact) mass is 328 g/mol. The van der Waals surface area contributed by atoms with Crippen molar-refractivity contribution in [1.82, 2.24) is 0 Å². The fourth-order valence-electron chi connectivity index (χ4n) is 1.32. The summed E-state index contributed by atoms with van der Waals surface area (Å²) in [5, 5.41) is 0. The Bertz CT molecular complexity index is 424. The molecule has 0 unspecified atom stereocenters. The van der Waals surface area contributed by atoms with Crippen LogP contribution in [0.2, 0.25) is 5.82 Å². The molecule has 0 aromatic heterocycles. The molecule has 0 aliphatic rings. The molecule has 0 aliphatic heterocycles. The van der Waals surface area contributed by atoms with Crippen LogP contribution >= 0.6 is 0 Å². The van der Waals surface area contributed by atoms with Crippen molar-refractivity contribution in [2.75, 3.05) is 0 Å². The van der Waals surface area contributed by atoms with Gasteiger partial charge in [-0.3, -0.25) is 0 Å². The molecular weight excluding hydrogens is 314 g/mol. The maximum absolute atomic E-state index is 2.28. The first kappa shape index (κ1) is 11.0. The summed E-state index contributed by atoms with van der Waals surface area (Å²) >= 11 is 1.07. The summed E-state index contributed by atoms with van der Waals surface area (Å²) in [7, 11) is 0. The van der Waals surface area contributed by atoms with Gasteiger partial charge in [-0.15, -0.1) is 0 Å². The molecule has 2 rings (SSSR count). The summed E-state index contributed by atoms with van der Waals surface area (Å²) < 4.78 is 4.55. The summed E-state index contributed by atoms with van der Waals surface area (Å²) in [5.41, 5.74) is 0. The fraction of sp³-hybridized carbons (Fsp3) is 0.0769. The molecule has 0 fully saturated rings. The fourth-order valence-corrected chi connectivity index (χ4v) is 5.51. The third-order valence-electron chi connectivity index (χ3n) is 2.04. The van der Waals surface area contributed by atoms with Crippen molar-refractivity contribution in [3.05, 3.63) is 54.6 Å². The molecule has 0 nitrogen and oxygen atoms in total. The van der Waals surface area contributed by atoms with Crippen molar-refractivity contribution >= 4 is 43.3 Å². The Morgan fingerprint density at radius 1 is 0.733 bits per heavy atom. The van der Waals surface area contributed by atoms with E-state index in [1.54, 1.807) is 8.92 Å². The van der Waals surface area contributed by atoms with Gasteiger partial charge in [0, 0.05) is 0 Å². The van der Waals surface area contributed by atoms with Crippen LogP contribution in [0, 0.1) is 0 Å². The number of rotatable bonds is 3. The van der Waals surface area contributed by atoms with Crippen molar-refractivity contribution in [2.45, 2.75) is 5.82 Å². The zero-order valence-corrected chi connectivity index (χ0v) is 11.9. The molecule has 2 heteroatoms. The van der Waals surface area contributed by atoms with E-state index in [1.165, 1.54) is 4.46 Å². The van der Waals surface area contributed by atoms with Gasteiger partial charge < -0.3 is 0 Å². The van der Waals surface area contributed by atoms with Crippen LogP contribution < -0.4 is 13.4 Å². The van der Waals surface area contributed by atoms with E-state index < -0.39 is 0 Å². The van der Waals surface area contributed by atoms with Crippen LogP contribution in [0.3, 0.4) is 0 Å². The Morgan fingerprint density at radius 2 is 1.33 bits per heavy atom. The van der Waals surface area contributed by atoms with Gasteiger partial charge in [-0.1, -0.05) is 0 Å². The minimum absolute atomic E-state index is 0.468. The quantitative estimate of drug-likeness (QED) is 0.730. The molecule has 0 spiro atoms. The van der Waals surface area contributed by atoms with Crippen LogP contribution in [0.4, 0.5) is 0 Å². The van der Waals surface area contributed by atoms with Crippen LogP contribution in [0.25, 0.3) is 0 Å². The van der Waals surface area contributed by atoms with E-state index in [1.807, 2.05) is 0 Å². The Hall–Kier alpha value is -0.521. The van der Waals surface area contributed by atoms with E-state index in [0.29, 0.717) is 29.9 Å². The molecule has 2 aromatic rings. The second-order valence-electron chi connectivity index (χ2n) is 3.07. The molecule has 0 N–H and O–H groups in total. The van der Waals surface area contributed by atoms with E-state index >= 15 is 0 Å². The van der Waals surface area contributed by atoms with Crippen LogP contribution in [0.15, 0.2) is 54.6 Å². The molecule has 0 radical (unpaired) electrons. The Balaban J connectivity index is 2.24. The van der Waals surface area contributed by atoms with Crippen LogP contribution in [0.5, 0.6) is 0 Å². The molecule has 76 valence electrons. The summed E-state index contributed by atoms with van der Waals surface area (Å²) in [6.45, 7) is 0. The van der Waals surface area contributed by atoms with Crippen molar-refractivity contribution < 1.29 is 0 Å². The van der Waals surface area contributed by atoms with E-state index in [-0.39, 0.29) is 0 Å². The second kappa shape index (κ2) is 5.53. The average Bonchev–Trinajstić information content (AvgIpc) is 2.31. The topological polar surface area (TPSA) is 0 Å². The van der Waals surface area contributed by atoms with Gasteiger partial charge in [0.1, 0.15) is 0 Å². The van der Waals surface area contributed by atoms with Crippen molar-refractivity contribution in [3.63, 3.8) is 0 Å². The zero-order valence-electron chi connectivity index (χ0n) is 8.51. The Kier molecular flexibility index (Phi) is 4.05. The third-order valence-corrected chi connectivity index (χ3v) is 6.64. The van der Waals surface area contributed by atoms with Gasteiger partial charge in [0.05, 0.1) is 0 Å². The van der Waals surface area contributed by atoms with Gasteiger partial charge in [-0.05, 0) is 0 Å². The van der Waals surface area contributed by atoms with Gasteiger partial charge in [0.2, 0.25) is 0 Å². The first-order chi connectivity index (χ1) is 7.40. The predicted octanol–water partition coefficient (Wildman–Crippen LogP) is 0.719. The Labute approximate surface area is 103 Å². The van der Waals surface area contributed by atoms with E-state index in [4.69, 9.17) is 0 Å². The third kappa shape index (κ3) is 2.96. The second-order valence-corrected chi connectivity index (χ2v) is 7.19. The van der Waals surface area contributed by atoms with E-state index in [0.717, 1.165) is 0 Å². The first-order valence-electron chi connectivity index (χ1n) is 4.76. The van der Waals surface area contributed by atoms with Gasteiger partial charge >= 0.3 is 104 Å². The molecule has 0 atom stereocenters. The van der Waals surface area contributed by atoms with E-state index in [9.17, 15) is 0 Å². The normalized spacial score (nSPS) is 10.2. The molecule has 0 saturated carbocycles. The molecule has 15 heavy (non-hydrogen) atoms. The average molecular weight is 326 g/mol. The summed E-state index contributed by atoms with van der Waals surface area (Å²) in [6.07, 6.45) is 0. The molecule has 2 aromatic carbocycles. The van der Waals surface area contributed by atoms with Crippen molar-refractivity contribution in [1.29, 1.82) is 0 Å². The number of benzene rings is 2. The van der Waals surface area contributed by atoms with Crippen molar-refractivity contribution in [3.8, 4) is 0 Å². The summed E-state index contributed by atoms with van der Waals surface area (Å²) in [5.74, 6) is 2.28. The molecule has 0 bridgehead atoms. The molecule has 0 saturated heterocycles. The molecule has 0 amide bonds. The SMILES string of the molecule is C[Se]c1ccccc1[Se]c1ccccc1. The van der Waals surface area contributed by atoms with E-state index in [2.05, 4.69) is 60.4 Å². The Morgan fingerprint density at radius 3 is 2.00 bits per heavy atom. The maximum atomic E-state index is 2.28. The summed E-state index contributed by atoms with van der Waals surface area (Å²) in [6, 6.07) is 19.6. The zero-order chi connectivity index (χ0) is 10.5. The predicted molar refractivity (Wildman–Crippen MR) is 69.2 cm³/mol. The van der Waals surface area contributed by atoms with Crippen LogP contribution in [0.1, 0.15) is 0 Å². The van der Waals surface area contributed by atoms with Crippen LogP contribution in [-0.2, 0) is 0 Å². The van der Waals surface area contributed by atoms with Gasteiger partial charge in [0.25, 0.3) is 0 Å². The van der Waals surface area contributed by atoms with Crippen molar-refractivity contribution in [2.24, 2.45) is 0 Å². The summed E-state index contributed by atoms with van der Waals surface area (Å²) in [4.78, 5) is 0. The minimum atomic E-state index is 0.468. The van der Waals surface area contributed by atoms with Crippen LogP contribution in [-0.4, -0.2) is 29.9 Å². The standard InChI is InChI=1S/C13H12Se2/c1-14-12-9-5-6-10-13(12)15-11-7-3-2-4-8-11/h2-10H,1H3. The number of hydrogen-bond acceptors (Lipinski definition) is 0.